The van der Waals surface area contributed by atoms with E-state index in [1.807, 2.05) is 0 Å². The van der Waals surface area contributed by atoms with E-state index < -0.39 is 69.5 Å². The number of aliphatic imine (C=N–C) groups is 1. The number of benzene rings is 1. The molecule has 1 amide bonds. The number of hydrogen-bond acceptors (Lipinski definition) is 8. The number of rotatable bonds is 5. The molecule has 0 aliphatic carbocycles. The Labute approximate surface area is 183 Å². The summed E-state index contributed by atoms with van der Waals surface area (Å²) in [5.74, 6) is -5.33. The number of carbonyl (C=O) groups is 1. The number of carbonyl (C=O) groups excluding carboxylic acids is 1. The summed E-state index contributed by atoms with van der Waals surface area (Å²) in [7, 11) is -2.78. The molecule has 0 radical (unpaired) electrons. The van der Waals surface area contributed by atoms with Crippen LogP contribution in [0.2, 0.25) is 0 Å². The highest BCUT2D eigenvalue weighted by Gasteiger charge is 2.33. The molecule has 2 heterocycles. The molecule has 2 aromatic rings. The van der Waals surface area contributed by atoms with Crippen LogP contribution in [0.25, 0.3) is 0 Å². The Bertz CT molecular complexity index is 1200. The lowest BCUT2D eigenvalue weighted by molar-refractivity contribution is -0.154. The van der Waals surface area contributed by atoms with Crippen LogP contribution in [0.1, 0.15) is 22.1 Å². The summed E-state index contributed by atoms with van der Waals surface area (Å²) < 4.78 is 94.3. The number of halogens is 5. The average Bonchev–Trinajstić information content (AvgIpc) is 2.72. The first-order valence-corrected chi connectivity index (χ1v) is 10.5. The number of aromatic nitrogens is 2. The third-order valence-corrected chi connectivity index (χ3v) is 6.07. The first-order valence-electron chi connectivity index (χ1n) is 8.88. The van der Waals surface area contributed by atoms with Gasteiger partial charge in [0.1, 0.15) is 5.69 Å². The molecular formula is C17H15F5N6O4S. The number of ether oxygens (including phenoxy) is 1. The molecule has 1 aliphatic heterocycles. The standard InChI is InChI=1S/C17H15F5N6O4S/c1-28-16(23)27-12(6-33(28,30)31)9-2-8(3-10(18)14(9)19)26-15(29)11-4-25-13(5-24-11)32-7-17(20,21)22/h2-5,12H,6-7H2,1H3,(H2,23,27)(H,26,29)/t12-/m0/s1. The lowest BCUT2D eigenvalue weighted by Crippen LogP contribution is -2.45. The van der Waals surface area contributed by atoms with Crippen LogP contribution in [0, 0.1) is 11.6 Å². The second-order valence-electron chi connectivity index (χ2n) is 6.71. The fraction of sp³-hybridized carbons (Fsp3) is 0.294. The molecule has 3 rings (SSSR count). The quantitative estimate of drug-likeness (QED) is 0.602. The van der Waals surface area contributed by atoms with Gasteiger partial charge in [0.25, 0.3) is 5.91 Å². The highest BCUT2D eigenvalue weighted by atomic mass is 32.2. The maximum Gasteiger partial charge on any atom is 0.422 e. The van der Waals surface area contributed by atoms with Crippen LogP contribution in [-0.2, 0) is 10.0 Å². The number of sulfonamides is 1. The fourth-order valence-corrected chi connectivity index (χ4v) is 3.88. The summed E-state index contributed by atoms with van der Waals surface area (Å²) in [6.07, 6.45) is -3.00. The molecule has 3 N–H and O–H groups in total. The lowest BCUT2D eigenvalue weighted by atomic mass is 10.1. The zero-order valence-electron chi connectivity index (χ0n) is 16.6. The van der Waals surface area contributed by atoms with Crippen molar-refractivity contribution in [1.29, 1.82) is 0 Å². The summed E-state index contributed by atoms with van der Waals surface area (Å²) in [5, 5.41) is 2.21. The number of hydrogen-bond donors (Lipinski definition) is 2. The summed E-state index contributed by atoms with van der Waals surface area (Å²) in [6.45, 7) is -1.61. The van der Waals surface area contributed by atoms with Gasteiger partial charge in [-0.05, 0) is 6.07 Å². The van der Waals surface area contributed by atoms with Crippen LogP contribution in [-0.4, -0.2) is 60.1 Å². The molecule has 33 heavy (non-hydrogen) atoms. The third kappa shape index (κ3) is 5.63. The van der Waals surface area contributed by atoms with Crippen molar-refractivity contribution in [2.24, 2.45) is 10.7 Å². The van der Waals surface area contributed by atoms with Crippen molar-refractivity contribution >= 4 is 27.6 Å². The Balaban J connectivity index is 1.81. The average molecular weight is 494 g/mol. The largest absolute Gasteiger partial charge is 0.467 e. The van der Waals surface area contributed by atoms with Gasteiger partial charge in [-0.3, -0.25) is 4.79 Å². The topological polar surface area (TPSA) is 140 Å². The molecule has 1 aliphatic rings. The molecule has 10 nitrogen and oxygen atoms in total. The molecule has 0 spiro atoms. The van der Waals surface area contributed by atoms with Crippen LogP contribution < -0.4 is 15.8 Å². The van der Waals surface area contributed by atoms with E-state index in [1.54, 1.807) is 0 Å². The van der Waals surface area contributed by atoms with Gasteiger partial charge in [-0.15, -0.1) is 0 Å². The van der Waals surface area contributed by atoms with Gasteiger partial charge in [0, 0.05) is 24.4 Å². The third-order valence-electron chi connectivity index (χ3n) is 4.31. The predicted molar refractivity (Wildman–Crippen MR) is 104 cm³/mol. The Hall–Kier alpha value is -3.56. The van der Waals surface area contributed by atoms with Gasteiger partial charge in [0.05, 0.1) is 24.2 Å². The summed E-state index contributed by atoms with van der Waals surface area (Å²) in [6, 6.07) is 0.247. The zero-order chi connectivity index (χ0) is 24.6. The van der Waals surface area contributed by atoms with E-state index in [4.69, 9.17) is 5.73 Å². The van der Waals surface area contributed by atoms with Crippen molar-refractivity contribution in [2.45, 2.75) is 12.2 Å². The highest BCUT2D eigenvalue weighted by molar-refractivity contribution is 7.89. The van der Waals surface area contributed by atoms with Gasteiger partial charge >= 0.3 is 6.18 Å². The maximum absolute atomic E-state index is 14.4. The molecule has 16 heteroatoms. The number of alkyl halides is 3. The van der Waals surface area contributed by atoms with Crippen molar-refractivity contribution < 1.29 is 39.9 Å². The van der Waals surface area contributed by atoms with Crippen molar-refractivity contribution in [3.8, 4) is 5.88 Å². The van der Waals surface area contributed by atoms with Crippen molar-refractivity contribution in [3.05, 3.63) is 47.4 Å². The van der Waals surface area contributed by atoms with Crippen LogP contribution in [0.4, 0.5) is 27.6 Å². The van der Waals surface area contributed by atoms with E-state index in [0.29, 0.717) is 10.4 Å². The molecule has 0 unspecified atom stereocenters. The monoisotopic (exact) mass is 494 g/mol. The first-order chi connectivity index (χ1) is 15.3. The molecule has 1 aromatic carbocycles. The predicted octanol–water partition coefficient (Wildman–Crippen LogP) is 1.58. The Morgan fingerprint density at radius 3 is 2.55 bits per heavy atom. The number of guanidine groups is 1. The number of anilines is 1. The fourth-order valence-electron chi connectivity index (χ4n) is 2.68. The minimum absolute atomic E-state index is 0.266. The van der Waals surface area contributed by atoms with Gasteiger partial charge in [0.2, 0.25) is 21.9 Å². The molecule has 178 valence electrons. The van der Waals surface area contributed by atoms with Gasteiger partial charge in [-0.1, -0.05) is 0 Å². The minimum Gasteiger partial charge on any atom is -0.467 e. The Morgan fingerprint density at radius 1 is 1.27 bits per heavy atom. The normalized spacial score (nSPS) is 17.9. The van der Waals surface area contributed by atoms with Gasteiger partial charge in [0.15, 0.2) is 18.2 Å². The number of nitrogens with two attached hydrogens (primary N) is 1. The molecule has 0 bridgehead atoms. The molecule has 0 fully saturated rings. The SMILES string of the molecule is CN1C(N)=N[C@H](c2cc(NC(=O)c3cnc(OCC(F)(F)F)cn3)cc(F)c2F)CS1(=O)=O. The van der Waals surface area contributed by atoms with Crippen LogP contribution in [0.15, 0.2) is 29.5 Å². The zero-order valence-corrected chi connectivity index (χ0v) is 17.4. The van der Waals surface area contributed by atoms with Crippen molar-refractivity contribution in [3.63, 3.8) is 0 Å². The Morgan fingerprint density at radius 2 is 1.97 bits per heavy atom. The highest BCUT2D eigenvalue weighted by Crippen LogP contribution is 2.30. The summed E-state index contributed by atoms with van der Waals surface area (Å²) >= 11 is 0. The first kappa shape index (κ1) is 24.1. The lowest BCUT2D eigenvalue weighted by Gasteiger charge is -2.27. The van der Waals surface area contributed by atoms with E-state index in [0.717, 1.165) is 25.5 Å². The molecule has 0 saturated heterocycles. The number of nitrogens with one attached hydrogen (secondary N) is 1. The van der Waals surface area contributed by atoms with Crippen molar-refractivity contribution in [2.75, 3.05) is 24.7 Å². The van der Waals surface area contributed by atoms with Gasteiger partial charge < -0.3 is 15.8 Å². The van der Waals surface area contributed by atoms with E-state index >= 15 is 0 Å². The van der Waals surface area contributed by atoms with Crippen LogP contribution in [0.3, 0.4) is 0 Å². The molecule has 1 atom stereocenters. The molecular weight excluding hydrogens is 479 g/mol. The summed E-state index contributed by atoms with van der Waals surface area (Å²) in [5.41, 5.74) is 4.44. The van der Waals surface area contributed by atoms with Crippen LogP contribution >= 0.6 is 0 Å². The molecule has 1 aromatic heterocycles. The minimum atomic E-state index is -4.59. The molecule has 0 saturated carbocycles. The van der Waals surface area contributed by atoms with Crippen LogP contribution in [0.5, 0.6) is 5.88 Å². The smallest absolute Gasteiger partial charge is 0.422 e. The maximum atomic E-state index is 14.4. The van der Waals surface area contributed by atoms with Gasteiger partial charge in [-0.2, -0.15) is 13.2 Å². The number of nitrogens with zero attached hydrogens (tertiary/aromatic N) is 4. The Kier molecular flexibility index (Phi) is 6.40. The van der Waals surface area contributed by atoms with Gasteiger partial charge in [-0.25, -0.2) is 36.5 Å². The summed E-state index contributed by atoms with van der Waals surface area (Å²) in [4.78, 5) is 23.3. The second-order valence-corrected chi connectivity index (χ2v) is 8.75. The van der Waals surface area contributed by atoms with E-state index in [2.05, 4.69) is 25.0 Å². The van der Waals surface area contributed by atoms with Crippen molar-refractivity contribution in [1.82, 2.24) is 14.3 Å². The van der Waals surface area contributed by atoms with E-state index in [9.17, 15) is 35.2 Å². The number of amides is 1. The van der Waals surface area contributed by atoms with E-state index in [1.165, 1.54) is 0 Å². The second kappa shape index (κ2) is 8.76. The van der Waals surface area contributed by atoms with E-state index in [-0.39, 0.29) is 11.4 Å².